The number of anilines is 1. The molecule has 0 spiro atoms. The van der Waals surface area contributed by atoms with Crippen molar-refractivity contribution >= 4 is 23.2 Å². The second-order valence-corrected chi connectivity index (χ2v) is 10.9. The zero-order chi connectivity index (χ0) is 32.1. The number of nitrogens with zero attached hydrogens (tertiary/aromatic N) is 3. The van der Waals surface area contributed by atoms with Crippen molar-refractivity contribution in [2.75, 3.05) is 11.9 Å². The molecule has 4 rings (SSSR count). The second-order valence-electron chi connectivity index (χ2n) is 10.9. The van der Waals surface area contributed by atoms with E-state index in [2.05, 4.69) is 9.98 Å². The van der Waals surface area contributed by atoms with Gasteiger partial charge < -0.3 is 10.6 Å². The van der Waals surface area contributed by atoms with Crippen molar-refractivity contribution in [2.45, 2.75) is 64.8 Å². The predicted octanol–water partition coefficient (Wildman–Crippen LogP) is 7.25. The molecule has 0 bridgehead atoms. The van der Waals surface area contributed by atoms with E-state index in [1.165, 1.54) is 45.3 Å². The lowest BCUT2D eigenvalue weighted by atomic mass is 9.81. The molecule has 1 atom stereocenters. The Morgan fingerprint density at radius 2 is 1.48 bits per heavy atom. The van der Waals surface area contributed by atoms with Crippen molar-refractivity contribution in [3.05, 3.63) is 82.4 Å². The quantitative estimate of drug-likeness (QED) is 0.293. The van der Waals surface area contributed by atoms with Gasteiger partial charge in [0.05, 0.1) is 39.8 Å². The van der Waals surface area contributed by atoms with Crippen molar-refractivity contribution in [1.29, 1.82) is 0 Å². The SMILES string of the molecule is C.Cc1cc(F)ccc1-c1cc(C2=NC(C(N)=O)CC2)ncc1N(C)C(=O)C(C)(C)c1cc(C(F)(F)F)cc(C(F)(F)F)c1. The Labute approximate surface area is 249 Å². The number of nitrogens with two attached hydrogens (primary N) is 1. The number of likely N-dealkylation sites (N-methyl/N-ethyl adjacent to an activating group) is 1. The molecule has 1 unspecified atom stereocenters. The monoisotopic (exact) mass is 624 g/mol. The van der Waals surface area contributed by atoms with Gasteiger partial charge >= 0.3 is 12.4 Å². The first-order chi connectivity index (χ1) is 19.8. The van der Waals surface area contributed by atoms with Gasteiger partial charge in [-0.2, -0.15) is 26.3 Å². The third-order valence-corrected chi connectivity index (χ3v) is 7.46. The lowest BCUT2D eigenvalue weighted by Gasteiger charge is -2.32. The minimum atomic E-state index is -5.09. The molecule has 0 aliphatic carbocycles. The van der Waals surface area contributed by atoms with Crippen molar-refractivity contribution < 1.29 is 40.3 Å². The van der Waals surface area contributed by atoms with Crippen LogP contribution in [0.15, 0.2) is 53.7 Å². The van der Waals surface area contributed by atoms with Gasteiger partial charge in [-0.15, -0.1) is 0 Å². The fourth-order valence-electron chi connectivity index (χ4n) is 4.98. The van der Waals surface area contributed by atoms with Crippen LogP contribution in [0.3, 0.4) is 0 Å². The molecule has 0 fully saturated rings. The summed E-state index contributed by atoms with van der Waals surface area (Å²) < 4.78 is 95.3. The van der Waals surface area contributed by atoms with Crippen LogP contribution in [0.25, 0.3) is 11.1 Å². The van der Waals surface area contributed by atoms with Gasteiger partial charge in [0.1, 0.15) is 11.9 Å². The van der Waals surface area contributed by atoms with Crippen LogP contribution in [0.2, 0.25) is 0 Å². The standard InChI is InChI=1S/C30H27F7N4O2.CH4/c1-15-9-19(31)5-6-20(15)21-13-24(22-7-8-23(40-22)26(38)42)39-14-25(21)41(4)27(43)28(2,3)16-10-17(29(32,33)34)12-18(11-16)30(35,36)37;/h5-6,9-14,23H,7-8H2,1-4H3,(H2,38,42);1H4. The number of hydrogen-bond donors (Lipinski definition) is 1. The first-order valence-electron chi connectivity index (χ1n) is 13.0. The molecule has 0 radical (unpaired) electrons. The molecular weight excluding hydrogens is 593 g/mol. The van der Waals surface area contributed by atoms with Gasteiger partial charge in [-0.05, 0) is 86.7 Å². The molecule has 0 saturated heterocycles. The maximum atomic E-state index is 14.0. The van der Waals surface area contributed by atoms with E-state index >= 15 is 0 Å². The van der Waals surface area contributed by atoms with Crippen LogP contribution in [0.4, 0.5) is 36.4 Å². The minimum absolute atomic E-state index is 0. The Balaban J connectivity index is 0.00000529. The fourth-order valence-corrected chi connectivity index (χ4v) is 4.98. The summed E-state index contributed by atoms with van der Waals surface area (Å²) in [6, 6.07) is 5.86. The highest BCUT2D eigenvalue weighted by atomic mass is 19.4. The second kappa shape index (κ2) is 12.0. The molecule has 13 heteroatoms. The van der Waals surface area contributed by atoms with Gasteiger partial charge in [0, 0.05) is 12.6 Å². The van der Waals surface area contributed by atoms with E-state index in [9.17, 15) is 40.3 Å². The van der Waals surface area contributed by atoms with Crippen molar-refractivity contribution in [1.82, 2.24) is 4.98 Å². The first kappa shape index (κ1) is 34.2. The van der Waals surface area contributed by atoms with E-state index in [-0.39, 0.29) is 19.2 Å². The fraction of sp³-hybridized carbons (Fsp3) is 0.355. The average Bonchev–Trinajstić information content (AvgIpc) is 3.42. The number of aromatic nitrogens is 1. The van der Waals surface area contributed by atoms with Crippen LogP contribution in [0.1, 0.15) is 62.1 Å². The number of pyridine rings is 1. The molecular formula is C31H31F7N4O2. The Morgan fingerprint density at radius 3 is 1.98 bits per heavy atom. The predicted molar refractivity (Wildman–Crippen MR) is 153 cm³/mol. The highest BCUT2D eigenvalue weighted by Crippen LogP contribution is 2.41. The summed E-state index contributed by atoms with van der Waals surface area (Å²) in [6.07, 6.45) is -8.10. The maximum Gasteiger partial charge on any atom is 0.416 e. The third-order valence-electron chi connectivity index (χ3n) is 7.46. The van der Waals surface area contributed by atoms with Gasteiger partial charge in [0.25, 0.3) is 0 Å². The van der Waals surface area contributed by atoms with Crippen LogP contribution in [0.5, 0.6) is 0 Å². The number of aryl methyl sites for hydroxylation is 1. The zero-order valence-electron chi connectivity index (χ0n) is 23.5. The molecule has 2 N–H and O–H groups in total. The molecule has 1 aromatic heterocycles. The number of benzene rings is 2. The minimum Gasteiger partial charge on any atom is -0.368 e. The van der Waals surface area contributed by atoms with Gasteiger partial charge in [0.15, 0.2) is 0 Å². The van der Waals surface area contributed by atoms with E-state index in [0.29, 0.717) is 53.1 Å². The highest BCUT2D eigenvalue weighted by Gasteiger charge is 2.41. The molecule has 0 saturated carbocycles. The molecule has 1 aliphatic rings. The van der Waals surface area contributed by atoms with Crippen molar-refractivity contribution in [3.63, 3.8) is 0 Å². The molecule has 2 amide bonds. The van der Waals surface area contributed by atoms with E-state index in [1.807, 2.05) is 0 Å². The van der Waals surface area contributed by atoms with Crippen LogP contribution < -0.4 is 10.6 Å². The molecule has 44 heavy (non-hydrogen) atoms. The average molecular weight is 625 g/mol. The molecule has 2 aromatic carbocycles. The summed E-state index contributed by atoms with van der Waals surface area (Å²) in [5.41, 5.74) is 2.27. The number of rotatable bonds is 6. The van der Waals surface area contributed by atoms with E-state index in [0.717, 1.165) is 4.90 Å². The smallest absolute Gasteiger partial charge is 0.368 e. The Morgan fingerprint density at radius 1 is 0.909 bits per heavy atom. The van der Waals surface area contributed by atoms with Gasteiger partial charge in [-0.1, -0.05) is 13.5 Å². The van der Waals surface area contributed by atoms with Gasteiger partial charge in [0.2, 0.25) is 11.8 Å². The number of alkyl halides is 6. The first-order valence-corrected chi connectivity index (χ1v) is 13.0. The maximum absolute atomic E-state index is 14.0. The number of aliphatic imine (C=N–C) groups is 1. The van der Waals surface area contributed by atoms with Crippen molar-refractivity contribution in [2.24, 2.45) is 10.7 Å². The molecule has 6 nitrogen and oxygen atoms in total. The van der Waals surface area contributed by atoms with E-state index in [1.54, 1.807) is 13.0 Å². The number of carbonyl (C=O) groups is 2. The van der Waals surface area contributed by atoms with Crippen LogP contribution in [-0.4, -0.2) is 35.6 Å². The Bertz CT molecular complexity index is 1600. The Hall–Kier alpha value is -4.29. The number of primary amides is 1. The molecule has 236 valence electrons. The summed E-state index contributed by atoms with van der Waals surface area (Å²) in [6.45, 7) is 4.08. The number of halogens is 7. The van der Waals surface area contributed by atoms with Crippen LogP contribution >= 0.6 is 0 Å². The molecule has 2 heterocycles. The van der Waals surface area contributed by atoms with E-state index in [4.69, 9.17) is 5.73 Å². The van der Waals surface area contributed by atoms with Crippen molar-refractivity contribution in [3.8, 4) is 11.1 Å². The van der Waals surface area contributed by atoms with Crippen LogP contribution in [-0.2, 0) is 27.4 Å². The summed E-state index contributed by atoms with van der Waals surface area (Å²) in [5.74, 6) is -1.95. The number of carbonyl (C=O) groups excluding carboxylic acids is 2. The number of hydrogen-bond acceptors (Lipinski definition) is 4. The largest absolute Gasteiger partial charge is 0.416 e. The third kappa shape index (κ3) is 6.76. The Kier molecular flexibility index (Phi) is 9.33. The lowest BCUT2D eigenvalue weighted by Crippen LogP contribution is -2.42. The highest BCUT2D eigenvalue weighted by molar-refractivity contribution is 6.06. The number of amides is 2. The summed E-state index contributed by atoms with van der Waals surface area (Å²) >= 11 is 0. The zero-order valence-corrected chi connectivity index (χ0v) is 23.5. The van der Waals surface area contributed by atoms with Gasteiger partial charge in [-0.3, -0.25) is 19.6 Å². The topological polar surface area (TPSA) is 88.7 Å². The van der Waals surface area contributed by atoms with Crippen LogP contribution in [0, 0.1) is 12.7 Å². The molecule has 3 aromatic rings. The molecule has 1 aliphatic heterocycles. The summed E-state index contributed by atoms with van der Waals surface area (Å²) in [5, 5.41) is 0. The summed E-state index contributed by atoms with van der Waals surface area (Å²) in [7, 11) is 1.32. The normalized spacial score (nSPS) is 15.4. The lowest BCUT2D eigenvalue weighted by molar-refractivity contribution is -0.143. The van der Waals surface area contributed by atoms with E-state index < -0.39 is 58.1 Å². The summed E-state index contributed by atoms with van der Waals surface area (Å²) in [4.78, 5) is 35.3. The van der Waals surface area contributed by atoms with Gasteiger partial charge in [-0.25, -0.2) is 4.39 Å².